The van der Waals surface area contributed by atoms with Gasteiger partial charge in [0.25, 0.3) is 17.4 Å². The fourth-order valence-electron chi connectivity index (χ4n) is 9.84. The number of anilines is 3. The lowest BCUT2D eigenvalue weighted by molar-refractivity contribution is -0.137. The SMILES string of the molecule is CNC(=O)COc1cc2cc(Nc3nc(N4CCC(O[C@H]5C[C@H](N6CC[C@@H](c7ccc8c(c7)CN(C7CCC(=O)NC7=O)C8=O)[C@@H](F)C6)C5)CC4)ncc3Cl)ccc2n(C(C)C)c1=O. The number of ether oxygens (including phenoxy) is 2. The second kappa shape index (κ2) is 18.1. The number of imide groups is 1. The summed E-state index contributed by atoms with van der Waals surface area (Å²) in [7, 11) is 1.51. The minimum Gasteiger partial charge on any atom is -0.478 e. The fourth-order valence-corrected chi connectivity index (χ4v) is 9.97. The van der Waals surface area contributed by atoms with Gasteiger partial charge >= 0.3 is 0 Å². The summed E-state index contributed by atoms with van der Waals surface area (Å²) in [5, 5.41) is 9.25. The average molecular weight is 898 g/mol. The van der Waals surface area contributed by atoms with Crippen LogP contribution >= 0.6 is 11.6 Å². The number of likely N-dealkylation sites (N-methyl/N-ethyl adjacent to an activating group) is 1. The molecule has 1 saturated carbocycles. The molecule has 2 aromatic heterocycles. The van der Waals surface area contributed by atoms with Gasteiger partial charge in [0, 0.05) is 74.3 Å². The molecule has 0 radical (unpaired) electrons. The van der Waals surface area contributed by atoms with Crippen LogP contribution in [0, 0.1) is 0 Å². The Balaban J connectivity index is 0.749. The zero-order valence-electron chi connectivity index (χ0n) is 36.1. The minimum absolute atomic E-state index is 0.0815. The molecule has 1 unspecified atom stereocenters. The van der Waals surface area contributed by atoms with E-state index < -0.39 is 18.1 Å². The third-order valence-electron chi connectivity index (χ3n) is 13.4. The molecule has 0 spiro atoms. The Morgan fingerprint density at radius 1 is 1.00 bits per heavy atom. The highest BCUT2D eigenvalue weighted by Crippen LogP contribution is 2.39. The molecule has 9 rings (SSSR count). The van der Waals surface area contributed by atoms with Crippen molar-refractivity contribution in [1.29, 1.82) is 0 Å². The molecule has 2 aromatic carbocycles. The van der Waals surface area contributed by atoms with E-state index in [2.05, 4.69) is 30.7 Å². The van der Waals surface area contributed by atoms with E-state index in [0.29, 0.717) is 60.5 Å². The van der Waals surface area contributed by atoms with Crippen molar-refractivity contribution in [2.45, 2.75) is 108 Å². The number of likely N-dealkylation sites (tertiary alicyclic amines) is 1. The Bertz CT molecular complexity index is 2540. The van der Waals surface area contributed by atoms with Crippen molar-refractivity contribution in [3.63, 3.8) is 0 Å². The summed E-state index contributed by atoms with van der Waals surface area (Å²) >= 11 is 6.59. The van der Waals surface area contributed by atoms with Crippen LogP contribution in [0.3, 0.4) is 0 Å². The summed E-state index contributed by atoms with van der Waals surface area (Å²) in [6.45, 7) is 6.40. The van der Waals surface area contributed by atoms with Crippen molar-refractivity contribution in [3.8, 4) is 5.75 Å². The van der Waals surface area contributed by atoms with Crippen LogP contribution in [0.1, 0.15) is 92.2 Å². The molecule has 0 bridgehead atoms. The van der Waals surface area contributed by atoms with Crippen molar-refractivity contribution in [3.05, 3.63) is 80.7 Å². The standard InChI is InChI=1S/C46H53ClFN9O7/c1-25(2)57-37-7-5-29(17-27(37)18-39(45(57)62)63-24-41(59)49-3)51-42-35(47)21-50-46(53-42)54-13-10-31(11-14-54)64-32-19-30(20-32)55-15-12-33(36(48)23-55)26-4-6-34-28(16-26)22-56(44(34)61)38-8-9-40(58)52-43(38)60/h4-7,16-18,21,25,30-33,36,38H,8-15,19-20,22-24H2,1-3H3,(H,49,59)(H,50,51,53)(H,52,58,60)/t30-,32-,33-,36-,38?/m0/s1. The Morgan fingerprint density at radius 2 is 1.80 bits per heavy atom. The smallest absolute Gasteiger partial charge is 0.293 e. The first-order valence-electron chi connectivity index (χ1n) is 22.2. The molecule has 64 heavy (non-hydrogen) atoms. The lowest BCUT2D eigenvalue weighted by atomic mass is 9.82. The van der Waals surface area contributed by atoms with E-state index in [1.807, 2.05) is 44.2 Å². The van der Waals surface area contributed by atoms with E-state index in [0.717, 1.165) is 54.3 Å². The first-order valence-corrected chi connectivity index (χ1v) is 22.6. The summed E-state index contributed by atoms with van der Waals surface area (Å²) in [6, 6.07) is 12.3. The maximum Gasteiger partial charge on any atom is 0.293 e. The predicted octanol–water partition coefficient (Wildman–Crippen LogP) is 5.00. The largest absolute Gasteiger partial charge is 0.478 e. The summed E-state index contributed by atoms with van der Waals surface area (Å²) < 4.78 is 29.7. The highest BCUT2D eigenvalue weighted by Gasteiger charge is 2.42. The number of rotatable bonds is 12. The van der Waals surface area contributed by atoms with Crippen LogP contribution in [0.5, 0.6) is 5.75 Å². The van der Waals surface area contributed by atoms with E-state index in [9.17, 15) is 24.0 Å². The number of nitrogens with zero attached hydrogens (tertiary/aromatic N) is 6. The maximum absolute atomic E-state index is 15.9. The van der Waals surface area contributed by atoms with E-state index in [-0.39, 0.29) is 78.8 Å². The Morgan fingerprint density at radius 3 is 2.53 bits per heavy atom. The Kier molecular flexibility index (Phi) is 12.3. The van der Waals surface area contributed by atoms with E-state index in [4.69, 9.17) is 26.1 Å². The summed E-state index contributed by atoms with van der Waals surface area (Å²) in [4.78, 5) is 77.6. The first kappa shape index (κ1) is 43.6. The Hall–Kier alpha value is -5.65. The van der Waals surface area contributed by atoms with Gasteiger partial charge in [-0.3, -0.25) is 34.2 Å². The normalized spacial score (nSPS) is 24.2. The van der Waals surface area contributed by atoms with Crippen LogP contribution < -0.4 is 31.1 Å². The van der Waals surface area contributed by atoms with Gasteiger partial charge < -0.3 is 34.5 Å². The van der Waals surface area contributed by atoms with Gasteiger partial charge in [-0.15, -0.1) is 0 Å². The molecule has 3 atom stereocenters. The van der Waals surface area contributed by atoms with E-state index in [1.165, 1.54) is 11.9 Å². The monoisotopic (exact) mass is 897 g/mol. The van der Waals surface area contributed by atoms with Crippen molar-refractivity contribution < 1.29 is 33.0 Å². The Labute approximate surface area is 374 Å². The van der Waals surface area contributed by atoms with Gasteiger partial charge in [0.1, 0.15) is 17.2 Å². The van der Waals surface area contributed by atoms with E-state index in [1.54, 1.807) is 22.9 Å². The van der Waals surface area contributed by atoms with Crippen molar-refractivity contribution in [2.75, 3.05) is 50.1 Å². The van der Waals surface area contributed by atoms with Crippen LogP contribution in [0.15, 0.2) is 53.5 Å². The van der Waals surface area contributed by atoms with Crippen molar-refractivity contribution in [2.24, 2.45) is 0 Å². The van der Waals surface area contributed by atoms with Crippen LogP contribution in [-0.4, -0.2) is 118 Å². The van der Waals surface area contributed by atoms with Gasteiger partial charge in [-0.1, -0.05) is 23.7 Å². The van der Waals surface area contributed by atoms with Crippen molar-refractivity contribution in [1.82, 2.24) is 35.0 Å². The number of fused-ring (bicyclic) bond motifs is 2. The highest BCUT2D eigenvalue weighted by molar-refractivity contribution is 6.33. The lowest BCUT2D eigenvalue weighted by Gasteiger charge is -2.47. The topological polar surface area (TPSA) is 180 Å². The van der Waals surface area contributed by atoms with Gasteiger partial charge in [-0.05, 0) is 100 Å². The molecule has 4 fully saturated rings. The number of piperidine rings is 3. The van der Waals surface area contributed by atoms with Gasteiger partial charge in [0.2, 0.25) is 17.8 Å². The molecule has 4 aromatic rings. The number of pyridine rings is 1. The molecule has 1 aliphatic carbocycles. The predicted molar refractivity (Wildman–Crippen MR) is 238 cm³/mol. The van der Waals surface area contributed by atoms with E-state index >= 15 is 4.39 Å². The number of carbonyl (C=O) groups is 4. The maximum atomic E-state index is 15.9. The molecule has 16 nitrogen and oxygen atoms in total. The molecule has 4 amide bonds. The average Bonchev–Trinajstić information content (AvgIpc) is 3.59. The number of aromatic nitrogens is 3. The molecule has 3 saturated heterocycles. The highest BCUT2D eigenvalue weighted by atomic mass is 35.5. The number of hydrogen-bond acceptors (Lipinski definition) is 12. The summed E-state index contributed by atoms with van der Waals surface area (Å²) in [5.74, 6) is -0.513. The van der Waals surface area contributed by atoms with Crippen LogP contribution in [-0.2, 0) is 25.7 Å². The zero-order chi connectivity index (χ0) is 44.8. The quantitative estimate of drug-likeness (QED) is 0.162. The van der Waals surface area contributed by atoms with Crippen LogP contribution in [0.4, 0.5) is 21.8 Å². The molecular weight excluding hydrogens is 845 g/mol. The van der Waals surface area contributed by atoms with Crippen molar-refractivity contribution >= 4 is 63.6 Å². The molecule has 6 heterocycles. The number of nitrogens with one attached hydrogen (secondary N) is 3. The molecule has 338 valence electrons. The molecule has 5 aliphatic rings. The van der Waals surface area contributed by atoms with Crippen LogP contribution in [0.25, 0.3) is 10.9 Å². The van der Waals surface area contributed by atoms with Gasteiger partial charge in [0.05, 0.1) is 23.9 Å². The van der Waals surface area contributed by atoms with Gasteiger partial charge in [-0.2, -0.15) is 4.98 Å². The number of alkyl halides is 1. The van der Waals surface area contributed by atoms with Gasteiger partial charge in [-0.25, -0.2) is 9.37 Å². The second-order valence-corrected chi connectivity index (χ2v) is 18.2. The molecule has 4 aliphatic heterocycles. The number of amides is 4. The molecule has 3 N–H and O–H groups in total. The lowest BCUT2D eigenvalue weighted by Crippen LogP contribution is -2.54. The third kappa shape index (κ3) is 8.76. The number of hydrogen-bond donors (Lipinski definition) is 3. The summed E-state index contributed by atoms with van der Waals surface area (Å²) in [6.07, 6.45) is 5.35. The number of benzene rings is 2. The van der Waals surface area contributed by atoms with Gasteiger partial charge in [0.15, 0.2) is 18.2 Å². The number of halogens is 2. The second-order valence-electron chi connectivity index (χ2n) is 17.8. The fraction of sp³-hybridized carbons (Fsp3) is 0.500. The molecular formula is C46H53ClFN9O7. The summed E-state index contributed by atoms with van der Waals surface area (Å²) in [5.41, 5.74) is 3.33. The molecule has 18 heteroatoms. The first-order chi connectivity index (χ1) is 30.8. The minimum atomic E-state index is -1.04. The third-order valence-corrected chi connectivity index (χ3v) is 13.7. The van der Waals surface area contributed by atoms with Crippen LogP contribution in [0.2, 0.25) is 5.02 Å². The number of carbonyl (C=O) groups excluding carboxylic acids is 4. The zero-order valence-corrected chi connectivity index (χ0v) is 36.9.